The Balaban J connectivity index is 1.43. The molecule has 0 radical (unpaired) electrons. The summed E-state index contributed by atoms with van der Waals surface area (Å²) in [5, 5.41) is 4.82. The van der Waals surface area contributed by atoms with Crippen molar-refractivity contribution < 1.29 is 9.59 Å². The van der Waals surface area contributed by atoms with E-state index in [1.54, 1.807) is 0 Å². The zero-order chi connectivity index (χ0) is 18.4. The molecule has 2 heterocycles. The second-order valence-electron chi connectivity index (χ2n) is 6.93. The van der Waals surface area contributed by atoms with Crippen molar-refractivity contribution in [3.05, 3.63) is 52.2 Å². The Morgan fingerprint density at radius 2 is 2.00 bits per heavy atom. The molecule has 5 heteroatoms. The number of hydrogen-bond donors (Lipinski definition) is 1. The SMILES string of the molecule is CC(=O)Nc1cccc(C2CCN(CCCC(=O)c3cccs3)CC2)c1. The van der Waals surface area contributed by atoms with Gasteiger partial charge in [0.05, 0.1) is 4.88 Å². The summed E-state index contributed by atoms with van der Waals surface area (Å²) in [6.07, 6.45) is 3.82. The first-order chi connectivity index (χ1) is 12.6. The predicted octanol–water partition coefficient (Wildman–Crippen LogP) is 4.55. The number of piperidine rings is 1. The highest BCUT2D eigenvalue weighted by molar-refractivity contribution is 7.12. The lowest BCUT2D eigenvalue weighted by Crippen LogP contribution is -2.33. The van der Waals surface area contributed by atoms with Crippen molar-refractivity contribution in [1.29, 1.82) is 0 Å². The Bertz CT molecular complexity index is 734. The molecule has 1 amide bonds. The topological polar surface area (TPSA) is 49.4 Å². The molecular formula is C21H26N2O2S. The Labute approximate surface area is 159 Å². The van der Waals surface area contributed by atoms with Gasteiger partial charge in [0.25, 0.3) is 0 Å². The molecule has 0 bridgehead atoms. The minimum Gasteiger partial charge on any atom is -0.326 e. The van der Waals surface area contributed by atoms with E-state index in [1.807, 2.05) is 29.6 Å². The average Bonchev–Trinajstić information content (AvgIpc) is 3.17. The van der Waals surface area contributed by atoms with E-state index in [0.29, 0.717) is 12.3 Å². The monoisotopic (exact) mass is 370 g/mol. The smallest absolute Gasteiger partial charge is 0.221 e. The molecule has 1 N–H and O–H groups in total. The molecule has 1 aliphatic rings. The molecule has 4 nitrogen and oxygen atoms in total. The van der Waals surface area contributed by atoms with Gasteiger partial charge in [-0.25, -0.2) is 0 Å². The van der Waals surface area contributed by atoms with Crippen molar-refractivity contribution in [2.45, 2.75) is 38.5 Å². The standard InChI is InChI=1S/C21H26N2O2S/c1-16(24)22-19-6-2-5-18(15-19)17-9-12-23(13-10-17)11-3-7-20(25)21-8-4-14-26-21/h2,4-6,8,14-15,17H,3,7,9-13H2,1H3,(H,22,24). The van der Waals surface area contributed by atoms with E-state index in [1.165, 1.54) is 23.8 Å². The van der Waals surface area contributed by atoms with Crippen LogP contribution in [0.4, 0.5) is 5.69 Å². The minimum absolute atomic E-state index is 0.0333. The molecule has 1 fully saturated rings. The Morgan fingerprint density at radius 1 is 1.19 bits per heavy atom. The van der Waals surface area contributed by atoms with Crippen molar-refractivity contribution in [3.63, 3.8) is 0 Å². The van der Waals surface area contributed by atoms with Crippen molar-refractivity contribution in [2.24, 2.45) is 0 Å². The fraction of sp³-hybridized carbons (Fsp3) is 0.429. The zero-order valence-corrected chi connectivity index (χ0v) is 16.1. The average molecular weight is 371 g/mol. The molecule has 0 aliphatic carbocycles. The number of benzene rings is 1. The van der Waals surface area contributed by atoms with Gasteiger partial charge in [-0.2, -0.15) is 0 Å². The number of hydrogen-bond acceptors (Lipinski definition) is 4. The Kier molecular flexibility index (Phi) is 6.58. The number of ketones is 1. The molecule has 2 aromatic rings. The molecule has 0 unspecified atom stereocenters. The lowest BCUT2D eigenvalue weighted by Gasteiger charge is -2.32. The van der Waals surface area contributed by atoms with Crippen LogP contribution >= 0.6 is 11.3 Å². The number of likely N-dealkylation sites (tertiary alicyclic amines) is 1. The van der Waals surface area contributed by atoms with Crippen molar-refractivity contribution in [1.82, 2.24) is 4.90 Å². The largest absolute Gasteiger partial charge is 0.326 e. The summed E-state index contributed by atoms with van der Waals surface area (Å²) in [5.41, 5.74) is 2.19. The van der Waals surface area contributed by atoms with Crippen LogP contribution < -0.4 is 5.32 Å². The van der Waals surface area contributed by atoms with E-state index in [0.717, 1.165) is 49.5 Å². The van der Waals surface area contributed by atoms with Gasteiger partial charge in [-0.1, -0.05) is 18.2 Å². The number of thiophene rings is 1. The first kappa shape index (κ1) is 18.8. The molecule has 138 valence electrons. The molecule has 26 heavy (non-hydrogen) atoms. The summed E-state index contributed by atoms with van der Waals surface area (Å²) in [4.78, 5) is 26.6. The van der Waals surface area contributed by atoms with Gasteiger partial charge in [-0.15, -0.1) is 11.3 Å². The molecule has 1 aromatic heterocycles. The third-order valence-electron chi connectivity index (χ3n) is 4.94. The van der Waals surface area contributed by atoms with Crippen LogP contribution in [0.3, 0.4) is 0 Å². The first-order valence-electron chi connectivity index (χ1n) is 9.28. The van der Waals surface area contributed by atoms with Crippen LogP contribution in [0.2, 0.25) is 0 Å². The lowest BCUT2D eigenvalue weighted by molar-refractivity contribution is -0.114. The number of amides is 1. The first-order valence-corrected chi connectivity index (χ1v) is 10.2. The highest BCUT2D eigenvalue weighted by Gasteiger charge is 2.21. The summed E-state index contributed by atoms with van der Waals surface area (Å²) >= 11 is 1.53. The van der Waals surface area contributed by atoms with Crippen molar-refractivity contribution >= 4 is 28.7 Å². The van der Waals surface area contributed by atoms with E-state index in [9.17, 15) is 9.59 Å². The van der Waals surface area contributed by atoms with Crippen LogP contribution in [0, 0.1) is 0 Å². The number of rotatable bonds is 7. The number of nitrogens with zero attached hydrogens (tertiary/aromatic N) is 1. The Morgan fingerprint density at radius 3 is 2.69 bits per heavy atom. The predicted molar refractivity (Wildman–Crippen MR) is 107 cm³/mol. The quantitative estimate of drug-likeness (QED) is 0.728. The molecule has 0 spiro atoms. The summed E-state index contributed by atoms with van der Waals surface area (Å²) in [6, 6.07) is 12.1. The number of nitrogens with one attached hydrogen (secondary N) is 1. The summed E-state index contributed by atoms with van der Waals surface area (Å²) < 4.78 is 0. The number of anilines is 1. The van der Waals surface area contributed by atoms with E-state index in [-0.39, 0.29) is 11.7 Å². The molecular weight excluding hydrogens is 344 g/mol. The lowest BCUT2D eigenvalue weighted by atomic mass is 9.89. The highest BCUT2D eigenvalue weighted by Crippen LogP contribution is 2.29. The maximum atomic E-state index is 12.1. The second-order valence-corrected chi connectivity index (χ2v) is 7.87. The number of carbonyl (C=O) groups is 2. The Hall–Kier alpha value is -1.98. The van der Waals surface area contributed by atoms with Gasteiger partial charge < -0.3 is 10.2 Å². The normalized spacial score (nSPS) is 15.7. The summed E-state index contributed by atoms with van der Waals surface area (Å²) in [6.45, 7) is 4.68. The second kappa shape index (κ2) is 9.10. The van der Waals surface area contributed by atoms with E-state index >= 15 is 0 Å². The van der Waals surface area contributed by atoms with Gasteiger partial charge in [0, 0.05) is 19.0 Å². The van der Waals surface area contributed by atoms with Gasteiger partial charge in [0.15, 0.2) is 5.78 Å². The van der Waals surface area contributed by atoms with E-state index in [4.69, 9.17) is 0 Å². The third kappa shape index (κ3) is 5.26. The summed E-state index contributed by atoms with van der Waals surface area (Å²) in [7, 11) is 0. The van der Waals surface area contributed by atoms with E-state index < -0.39 is 0 Å². The van der Waals surface area contributed by atoms with Crippen LogP contribution in [-0.4, -0.2) is 36.2 Å². The third-order valence-corrected chi connectivity index (χ3v) is 5.85. The minimum atomic E-state index is -0.0333. The highest BCUT2D eigenvalue weighted by atomic mass is 32.1. The van der Waals surface area contributed by atoms with Crippen LogP contribution in [0.25, 0.3) is 0 Å². The molecule has 1 saturated heterocycles. The fourth-order valence-electron chi connectivity index (χ4n) is 3.59. The van der Waals surface area contributed by atoms with Crippen molar-refractivity contribution in [3.8, 4) is 0 Å². The maximum absolute atomic E-state index is 12.1. The number of Topliss-reactive ketones (excluding diaryl/α,β-unsaturated/α-hetero) is 1. The molecule has 1 aromatic carbocycles. The van der Waals surface area contributed by atoms with Crippen LogP contribution in [0.15, 0.2) is 41.8 Å². The fourth-order valence-corrected chi connectivity index (χ4v) is 4.28. The number of carbonyl (C=O) groups excluding carboxylic acids is 2. The van der Waals surface area contributed by atoms with Crippen LogP contribution in [0.5, 0.6) is 0 Å². The molecule has 3 rings (SSSR count). The molecule has 1 aliphatic heterocycles. The van der Waals surface area contributed by atoms with Gasteiger partial charge in [0.1, 0.15) is 0 Å². The van der Waals surface area contributed by atoms with E-state index in [2.05, 4.69) is 22.3 Å². The maximum Gasteiger partial charge on any atom is 0.221 e. The van der Waals surface area contributed by atoms with Crippen LogP contribution in [0.1, 0.15) is 53.8 Å². The molecule has 0 saturated carbocycles. The summed E-state index contributed by atoms with van der Waals surface area (Å²) in [5.74, 6) is 0.784. The van der Waals surface area contributed by atoms with Gasteiger partial charge in [0.2, 0.25) is 5.91 Å². The molecule has 0 atom stereocenters. The van der Waals surface area contributed by atoms with Crippen LogP contribution in [-0.2, 0) is 4.79 Å². The van der Waals surface area contributed by atoms with Gasteiger partial charge in [-0.05, 0) is 74.0 Å². The van der Waals surface area contributed by atoms with Gasteiger partial charge in [-0.3, -0.25) is 9.59 Å². The zero-order valence-electron chi connectivity index (χ0n) is 15.2. The van der Waals surface area contributed by atoms with Gasteiger partial charge >= 0.3 is 0 Å². The van der Waals surface area contributed by atoms with Crippen molar-refractivity contribution in [2.75, 3.05) is 25.0 Å².